The van der Waals surface area contributed by atoms with Gasteiger partial charge in [0.05, 0.1) is 5.69 Å². The topological polar surface area (TPSA) is 81.2 Å². The fourth-order valence-corrected chi connectivity index (χ4v) is 3.60. The van der Waals surface area contributed by atoms with Gasteiger partial charge < -0.3 is 0 Å². The van der Waals surface area contributed by atoms with Gasteiger partial charge in [-0.05, 0) is 50.0 Å². The summed E-state index contributed by atoms with van der Waals surface area (Å²) < 4.78 is 0. The zero-order valence-corrected chi connectivity index (χ0v) is 14.8. The molecule has 6 nitrogen and oxygen atoms in total. The lowest BCUT2D eigenvalue weighted by molar-refractivity contribution is -0.124. The number of fused-ring (bicyclic) bond motifs is 1. The number of carbonyl (C=O) groups excluding carboxylic acids is 1. The molecule has 3 N–H and O–H groups in total. The maximum atomic E-state index is 11.1. The molecule has 1 aliphatic rings. The third-order valence-corrected chi connectivity index (χ3v) is 4.96. The van der Waals surface area contributed by atoms with Gasteiger partial charge in [0.15, 0.2) is 0 Å². The summed E-state index contributed by atoms with van der Waals surface area (Å²) in [5.41, 5.74) is 8.65. The number of benzene rings is 1. The average Bonchev–Trinajstić information content (AvgIpc) is 2.96. The quantitative estimate of drug-likeness (QED) is 0.454. The van der Waals surface area contributed by atoms with Gasteiger partial charge in [-0.25, -0.2) is 5.48 Å². The monoisotopic (exact) mass is 340 g/mol. The number of rotatable bonds is 4. The Kier molecular flexibility index (Phi) is 5.01. The number of amides is 1. The lowest BCUT2D eigenvalue weighted by Crippen LogP contribution is -2.33. The van der Waals surface area contributed by atoms with Crippen molar-refractivity contribution in [1.29, 1.82) is 0 Å². The van der Waals surface area contributed by atoms with E-state index in [-0.39, 0.29) is 0 Å². The molecule has 0 saturated carbocycles. The Morgan fingerprint density at radius 1 is 1.40 bits per heavy atom. The van der Waals surface area contributed by atoms with Crippen LogP contribution in [0.25, 0.3) is 6.08 Å². The molecule has 1 unspecified atom stereocenters. The van der Waals surface area contributed by atoms with E-state index in [9.17, 15) is 4.79 Å². The Morgan fingerprint density at radius 2 is 2.20 bits per heavy atom. The first-order valence-electron chi connectivity index (χ1n) is 8.49. The predicted molar refractivity (Wildman–Crippen MR) is 96.0 cm³/mol. The van der Waals surface area contributed by atoms with Gasteiger partial charge >= 0.3 is 0 Å². The maximum absolute atomic E-state index is 11.1. The molecule has 132 valence electrons. The molecule has 0 fully saturated rings. The molecule has 3 rings (SSSR count). The highest BCUT2D eigenvalue weighted by atomic mass is 16.5. The van der Waals surface area contributed by atoms with Gasteiger partial charge in [-0.2, -0.15) is 5.10 Å². The van der Waals surface area contributed by atoms with Crippen LogP contribution in [0.4, 0.5) is 0 Å². The van der Waals surface area contributed by atoms with E-state index in [1.807, 2.05) is 13.0 Å². The van der Waals surface area contributed by atoms with Crippen LogP contribution < -0.4 is 5.48 Å². The number of hydroxylamine groups is 1. The van der Waals surface area contributed by atoms with Gasteiger partial charge in [-0.3, -0.25) is 20.0 Å². The minimum Gasteiger partial charge on any atom is -0.292 e. The van der Waals surface area contributed by atoms with Gasteiger partial charge in [0.2, 0.25) is 0 Å². The van der Waals surface area contributed by atoms with Gasteiger partial charge in [-0.15, -0.1) is 0 Å². The highest BCUT2D eigenvalue weighted by Gasteiger charge is 2.25. The first kappa shape index (κ1) is 17.4. The van der Waals surface area contributed by atoms with Crippen molar-refractivity contribution in [1.82, 2.24) is 20.6 Å². The molecule has 1 aromatic carbocycles. The second-order valence-electron chi connectivity index (χ2n) is 6.58. The number of nitrogens with zero attached hydrogens (tertiary/aromatic N) is 2. The van der Waals surface area contributed by atoms with Crippen LogP contribution in [-0.2, 0) is 17.8 Å². The van der Waals surface area contributed by atoms with Crippen LogP contribution in [0.15, 0.2) is 24.3 Å². The molecule has 0 aliphatic carbocycles. The number of nitrogens with one attached hydrogen (secondary N) is 2. The van der Waals surface area contributed by atoms with Gasteiger partial charge in [0.25, 0.3) is 5.91 Å². The van der Waals surface area contributed by atoms with E-state index in [0.717, 1.165) is 36.5 Å². The fraction of sp³-hybridized carbons (Fsp3) is 0.368. The van der Waals surface area contributed by atoms with E-state index in [4.69, 9.17) is 5.21 Å². The molecular weight excluding hydrogens is 316 g/mol. The third-order valence-electron chi connectivity index (χ3n) is 4.96. The van der Waals surface area contributed by atoms with Gasteiger partial charge in [-0.1, -0.05) is 18.2 Å². The number of aryl methyl sites for hydroxylation is 2. The summed E-state index contributed by atoms with van der Waals surface area (Å²) in [6.45, 7) is 8.22. The zero-order chi connectivity index (χ0) is 18.0. The third kappa shape index (κ3) is 3.65. The fourth-order valence-electron chi connectivity index (χ4n) is 3.60. The second-order valence-corrected chi connectivity index (χ2v) is 6.58. The Labute approximate surface area is 147 Å². The van der Waals surface area contributed by atoms with Crippen LogP contribution in [0, 0.1) is 13.8 Å². The summed E-state index contributed by atoms with van der Waals surface area (Å²) in [6.07, 6.45) is 4.04. The Bertz CT molecular complexity index is 790. The molecule has 2 heterocycles. The predicted octanol–water partition coefficient (Wildman–Crippen LogP) is 2.66. The summed E-state index contributed by atoms with van der Waals surface area (Å²) in [5, 5.41) is 16.0. The molecular formula is C19H24N4O2. The zero-order valence-electron chi connectivity index (χ0n) is 14.8. The molecule has 2 aromatic rings. The normalized spacial score (nSPS) is 16.0. The standard InChI is InChI=1S/C19H24N4O2/c1-12-19(13(2)21-20-12)14(3)23-9-8-16-6-4-15(10-17(16)11-23)5-7-18(24)22-25/h4-7,10,14,25H,8-9,11H2,1-3H3,(H,20,21)(H,22,24)/b7-5+. The molecule has 6 heteroatoms. The first-order chi connectivity index (χ1) is 12.0. The molecule has 25 heavy (non-hydrogen) atoms. The Balaban J connectivity index is 1.80. The second kappa shape index (κ2) is 7.21. The van der Waals surface area contributed by atoms with E-state index in [0.29, 0.717) is 6.04 Å². The van der Waals surface area contributed by atoms with Crippen molar-refractivity contribution in [3.8, 4) is 0 Å². The molecule has 0 bridgehead atoms. The molecule has 1 atom stereocenters. The van der Waals surface area contributed by atoms with Crippen molar-refractivity contribution in [3.63, 3.8) is 0 Å². The van der Waals surface area contributed by atoms with E-state index < -0.39 is 5.91 Å². The molecule has 1 amide bonds. The van der Waals surface area contributed by atoms with Crippen LogP contribution in [0.2, 0.25) is 0 Å². The SMILES string of the molecule is Cc1n[nH]c(C)c1C(C)N1CCc2ccc(/C=C/C(=O)NO)cc2C1. The van der Waals surface area contributed by atoms with Crippen LogP contribution in [0.1, 0.15) is 46.6 Å². The highest BCUT2D eigenvalue weighted by molar-refractivity contribution is 5.90. The minimum absolute atomic E-state index is 0.297. The van der Waals surface area contributed by atoms with Crippen molar-refractivity contribution < 1.29 is 10.0 Å². The molecule has 0 spiro atoms. The maximum Gasteiger partial charge on any atom is 0.267 e. The van der Waals surface area contributed by atoms with E-state index in [1.54, 1.807) is 11.6 Å². The van der Waals surface area contributed by atoms with Gasteiger partial charge in [0, 0.05) is 36.5 Å². The smallest absolute Gasteiger partial charge is 0.267 e. The lowest BCUT2D eigenvalue weighted by Gasteiger charge is -2.34. The number of carbonyl (C=O) groups is 1. The summed E-state index contributed by atoms with van der Waals surface area (Å²) in [5.74, 6) is -0.529. The van der Waals surface area contributed by atoms with Gasteiger partial charge in [0.1, 0.15) is 0 Å². The molecule has 0 saturated heterocycles. The summed E-state index contributed by atoms with van der Waals surface area (Å²) in [4.78, 5) is 13.6. The van der Waals surface area contributed by atoms with E-state index >= 15 is 0 Å². The molecule has 0 radical (unpaired) electrons. The van der Waals surface area contributed by atoms with Crippen molar-refractivity contribution >= 4 is 12.0 Å². The first-order valence-corrected chi connectivity index (χ1v) is 8.49. The average molecular weight is 340 g/mol. The van der Waals surface area contributed by atoms with Crippen molar-refractivity contribution in [3.05, 3.63) is 57.9 Å². The van der Waals surface area contributed by atoms with Crippen molar-refractivity contribution in [2.24, 2.45) is 0 Å². The van der Waals surface area contributed by atoms with Crippen molar-refractivity contribution in [2.75, 3.05) is 6.54 Å². The van der Waals surface area contributed by atoms with E-state index in [1.165, 1.54) is 22.8 Å². The van der Waals surface area contributed by atoms with Crippen molar-refractivity contribution in [2.45, 2.75) is 39.8 Å². The number of hydrogen-bond donors (Lipinski definition) is 3. The number of aromatic amines is 1. The van der Waals surface area contributed by atoms with Crippen LogP contribution in [0.5, 0.6) is 0 Å². The highest BCUT2D eigenvalue weighted by Crippen LogP contribution is 2.30. The lowest BCUT2D eigenvalue weighted by atomic mass is 9.94. The number of aromatic nitrogens is 2. The molecule has 1 aromatic heterocycles. The Hall–Kier alpha value is -2.44. The summed E-state index contributed by atoms with van der Waals surface area (Å²) >= 11 is 0. The summed E-state index contributed by atoms with van der Waals surface area (Å²) in [6, 6.07) is 6.54. The molecule has 1 aliphatic heterocycles. The largest absolute Gasteiger partial charge is 0.292 e. The minimum atomic E-state index is -0.529. The van der Waals surface area contributed by atoms with E-state index in [2.05, 4.69) is 41.1 Å². The van der Waals surface area contributed by atoms with Crippen LogP contribution in [-0.4, -0.2) is 32.8 Å². The Morgan fingerprint density at radius 3 is 2.88 bits per heavy atom. The summed E-state index contributed by atoms with van der Waals surface area (Å²) in [7, 11) is 0. The van der Waals surface area contributed by atoms with Crippen LogP contribution in [0.3, 0.4) is 0 Å². The number of H-pyrrole nitrogens is 1. The number of hydrogen-bond acceptors (Lipinski definition) is 4. The van der Waals surface area contributed by atoms with Crippen LogP contribution >= 0.6 is 0 Å².